The number of benzene rings is 2. The Morgan fingerprint density at radius 1 is 1.23 bits per heavy atom. The Morgan fingerprint density at radius 2 is 2.06 bits per heavy atom. The van der Waals surface area contributed by atoms with Gasteiger partial charge in [-0.3, -0.25) is 10.00 Å². The van der Waals surface area contributed by atoms with Crippen LogP contribution < -0.4 is 4.74 Å². The lowest BCUT2D eigenvalue weighted by molar-refractivity contribution is -0.137. The smallest absolute Gasteiger partial charge is 0.416 e. The first kappa shape index (κ1) is 21.2. The highest BCUT2D eigenvalue weighted by Crippen LogP contribution is 2.36. The molecular weight excluding hydrogens is 407 g/mol. The van der Waals surface area contributed by atoms with E-state index in [1.165, 1.54) is 19.2 Å². The third kappa shape index (κ3) is 4.69. The minimum atomic E-state index is -4.38. The summed E-state index contributed by atoms with van der Waals surface area (Å²) in [6.45, 7) is 2.38. The number of aromatic hydroxyl groups is 1. The van der Waals surface area contributed by atoms with Crippen LogP contribution in [0.4, 0.5) is 13.2 Å². The number of nitrogens with one attached hydrogen (secondary N) is 1. The van der Waals surface area contributed by atoms with Crippen LogP contribution in [0.1, 0.15) is 35.6 Å². The molecule has 5 nitrogen and oxygen atoms in total. The lowest BCUT2D eigenvalue weighted by Gasteiger charge is -2.32. The molecule has 3 aromatic rings. The first-order valence-corrected chi connectivity index (χ1v) is 10.1. The molecule has 0 bridgehead atoms. The van der Waals surface area contributed by atoms with E-state index >= 15 is 0 Å². The fraction of sp³-hybridized carbons (Fsp3) is 0.348. The maximum Gasteiger partial charge on any atom is 0.416 e. The van der Waals surface area contributed by atoms with Gasteiger partial charge in [0.05, 0.1) is 18.9 Å². The van der Waals surface area contributed by atoms with Crippen LogP contribution in [0.5, 0.6) is 11.5 Å². The standard InChI is InChI=1S/C23H24F3N3O2/c1-31-21-10-15(7-8-20(21)30)13-29-9-3-5-17(14-29)22-19(12-27-28-22)16-4-2-6-18(11-16)23(24,25)26/h2,4,6-8,10-12,17,30H,3,5,9,13-14H2,1H3,(H,27,28)/t17-/m1/s1. The van der Waals surface area contributed by atoms with Gasteiger partial charge in [0, 0.05) is 30.3 Å². The van der Waals surface area contributed by atoms with Crippen LogP contribution in [-0.4, -0.2) is 40.4 Å². The third-order valence-electron chi connectivity index (χ3n) is 5.73. The van der Waals surface area contributed by atoms with E-state index in [0.29, 0.717) is 23.4 Å². The van der Waals surface area contributed by atoms with Gasteiger partial charge in [-0.25, -0.2) is 0 Å². The largest absolute Gasteiger partial charge is 0.504 e. The summed E-state index contributed by atoms with van der Waals surface area (Å²) in [7, 11) is 1.52. The predicted octanol–water partition coefficient (Wildman–Crippen LogP) is 5.19. The van der Waals surface area contributed by atoms with Crippen molar-refractivity contribution in [3.63, 3.8) is 0 Å². The second-order valence-corrected chi connectivity index (χ2v) is 7.86. The predicted molar refractivity (Wildman–Crippen MR) is 111 cm³/mol. The monoisotopic (exact) mass is 431 g/mol. The van der Waals surface area contributed by atoms with Gasteiger partial charge in [-0.2, -0.15) is 18.3 Å². The minimum absolute atomic E-state index is 0.103. The number of phenols is 1. The van der Waals surface area contributed by atoms with Crippen molar-refractivity contribution in [2.45, 2.75) is 31.5 Å². The van der Waals surface area contributed by atoms with Crippen molar-refractivity contribution in [1.82, 2.24) is 15.1 Å². The van der Waals surface area contributed by atoms with Crippen LogP contribution in [-0.2, 0) is 12.7 Å². The number of alkyl halides is 3. The van der Waals surface area contributed by atoms with Crippen LogP contribution in [0.15, 0.2) is 48.7 Å². The van der Waals surface area contributed by atoms with Crippen molar-refractivity contribution in [3.8, 4) is 22.6 Å². The number of nitrogens with zero attached hydrogens (tertiary/aromatic N) is 2. The summed E-state index contributed by atoms with van der Waals surface area (Å²) in [6, 6.07) is 10.7. The Bertz CT molecular complexity index is 1050. The highest BCUT2D eigenvalue weighted by atomic mass is 19.4. The summed E-state index contributed by atoms with van der Waals surface area (Å²) < 4.78 is 44.6. The molecule has 0 spiro atoms. The van der Waals surface area contributed by atoms with Crippen molar-refractivity contribution in [1.29, 1.82) is 0 Å². The Hall–Kier alpha value is -3.00. The van der Waals surface area contributed by atoms with Crippen LogP contribution in [0.25, 0.3) is 11.1 Å². The van der Waals surface area contributed by atoms with Gasteiger partial charge in [0.1, 0.15) is 0 Å². The fourth-order valence-electron chi connectivity index (χ4n) is 4.21. The maximum atomic E-state index is 13.1. The SMILES string of the molecule is COc1cc(CN2CCC[C@@H](c3[nH]ncc3-c3cccc(C(F)(F)F)c3)C2)ccc1O. The molecule has 1 atom stereocenters. The third-order valence-corrected chi connectivity index (χ3v) is 5.73. The van der Waals surface area contributed by atoms with Gasteiger partial charge in [-0.15, -0.1) is 0 Å². The van der Waals surface area contributed by atoms with E-state index in [9.17, 15) is 18.3 Å². The van der Waals surface area contributed by atoms with Crippen molar-refractivity contribution < 1.29 is 23.0 Å². The summed E-state index contributed by atoms with van der Waals surface area (Å²) in [5.74, 6) is 0.678. The molecule has 8 heteroatoms. The average molecular weight is 431 g/mol. The number of hydrogen-bond acceptors (Lipinski definition) is 4. The molecule has 0 saturated carbocycles. The van der Waals surface area contributed by atoms with Crippen LogP contribution in [0.3, 0.4) is 0 Å². The van der Waals surface area contributed by atoms with E-state index in [4.69, 9.17) is 4.74 Å². The van der Waals surface area contributed by atoms with E-state index in [1.54, 1.807) is 18.3 Å². The summed E-state index contributed by atoms with van der Waals surface area (Å²) in [4.78, 5) is 2.30. The normalized spacial score (nSPS) is 17.6. The van der Waals surface area contributed by atoms with Gasteiger partial charge < -0.3 is 9.84 Å². The highest BCUT2D eigenvalue weighted by Gasteiger charge is 2.31. The van der Waals surface area contributed by atoms with Crippen molar-refractivity contribution >= 4 is 0 Å². The molecule has 2 N–H and O–H groups in total. The minimum Gasteiger partial charge on any atom is -0.504 e. The lowest BCUT2D eigenvalue weighted by atomic mass is 9.90. The number of phenolic OH excluding ortho intramolecular Hbond substituents is 1. The molecule has 1 saturated heterocycles. The molecule has 1 aromatic heterocycles. The number of rotatable bonds is 5. The zero-order valence-corrected chi connectivity index (χ0v) is 17.1. The molecule has 1 aliphatic heterocycles. The second kappa shape index (κ2) is 8.63. The molecule has 0 radical (unpaired) electrons. The van der Waals surface area contributed by atoms with Crippen molar-refractivity contribution in [3.05, 3.63) is 65.5 Å². The van der Waals surface area contributed by atoms with Crippen molar-refractivity contribution in [2.24, 2.45) is 0 Å². The number of ether oxygens (including phenoxy) is 1. The Kier molecular flexibility index (Phi) is 5.91. The molecule has 2 aromatic carbocycles. The molecule has 2 heterocycles. The Labute approximate surface area is 178 Å². The van der Waals surface area contributed by atoms with Gasteiger partial charge in [0.25, 0.3) is 0 Å². The summed E-state index contributed by atoms with van der Waals surface area (Å²) in [5, 5.41) is 17.0. The van der Waals surface area contributed by atoms with Crippen LogP contribution in [0, 0.1) is 0 Å². The summed E-state index contributed by atoms with van der Waals surface area (Å²) >= 11 is 0. The first-order chi connectivity index (χ1) is 14.8. The average Bonchev–Trinajstić information content (AvgIpc) is 3.25. The molecular formula is C23H24F3N3O2. The number of aromatic nitrogens is 2. The molecule has 0 unspecified atom stereocenters. The van der Waals surface area contributed by atoms with Gasteiger partial charge >= 0.3 is 6.18 Å². The number of H-pyrrole nitrogens is 1. The number of piperidine rings is 1. The van der Waals surface area contributed by atoms with E-state index in [-0.39, 0.29) is 11.7 Å². The first-order valence-electron chi connectivity index (χ1n) is 10.1. The van der Waals surface area contributed by atoms with Crippen LogP contribution >= 0.6 is 0 Å². The zero-order valence-electron chi connectivity index (χ0n) is 17.1. The van der Waals surface area contributed by atoms with Crippen LogP contribution in [0.2, 0.25) is 0 Å². The van der Waals surface area contributed by atoms with Gasteiger partial charge in [-0.1, -0.05) is 18.2 Å². The maximum absolute atomic E-state index is 13.1. The Balaban J connectivity index is 1.53. The highest BCUT2D eigenvalue weighted by molar-refractivity contribution is 5.66. The topological polar surface area (TPSA) is 61.4 Å². The van der Waals surface area contributed by atoms with E-state index < -0.39 is 11.7 Å². The molecule has 1 fully saturated rings. The number of aromatic amines is 1. The second-order valence-electron chi connectivity index (χ2n) is 7.86. The number of hydrogen-bond donors (Lipinski definition) is 2. The fourth-order valence-corrected chi connectivity index (χ4v) is 4.21. The summed E-state index contributed by atoms with van der Waals surface area (Å²) in [6.07, 6.45) is -0.869. The van der Waals surface area contributed by atoms with E-state index in [1.807, 2.05) is 12.1 Å². The van der Waals surface area contributed by atoms with Gasteiger partial charge in [0.15, 0.2) is 11.5 Å². The molecule has 164 valence electrons. The van der Waals surface area contributed by atoms with Gasteiger partial charge in [-0.05, 0) is 54.8 Å². The van der Waals surface area contributed by atoms with Crippen molar-refractivity contribution in [2.75, 3.05) is 20.2 Å². The quantitative estimate of drug-likeness (QED) is 0.584. The Morgan fingerprint density at radius 3 is 2.84 bits per heavy atom. The molecule has 31 heavy (non-hydrogen) atoms. The number of methoxy groups -OCH3 is 1. The van der Waals surface area contributed by atoms with E-state index in [0.717, 1.165) is 43.3 Å². The molecule has 0 aliphatic carbocycles. The van der Waals surface area contributed by atoms with E-state index in [2.05, 4.69) is 15.1 Å². The summed E-state index contributed by atoms with van der Waals surface area (Å²) in [5.41, 5.74) is 2.46. The molecule has 0 amide bonds. The zero-order chi connectivity index (χ0) is 22.0. The molecule has 1 aliphatic rings. The molecule has 4 rings (SSSR count). The number of likely N-dealkylation sites (tertiary alicyclic amines) is 1. The van der Waals surface area contributed by atoms with Gasteiger partial charge in [0.2, 0.25) is 0 Å². The number of halogens is 3. The lowest BCUT2D eigenvalue weighted by Crippen LogP contribution is -2.34.